The lowest BCUT2D eigenvalue weighted by atomic mass is 9.90. The molecule has 1 aliphatic heterocycles. The summed E-state index contributed by atoms with van der Waals surface area (Å²) in [6.07, 6.45) is 8.85. The lowest BCUT2D eigenvalue weighted by Gasteiger charge is -2.34. The molecule has 1 amide bonds. The molecular formula is C15H22N4O. The highest BCUT2D eigenvalue weighted by atomic mass is 16.1. The van der Waals surface area contributed by atoms with E-state index in [2.05, 4.69) is 20.2 Å². The number of hydrogen-bond acceptors (Lipinski definition) is 4. The van der Waals surface area contributed by atoms with Gasteiger partial charge in [-0.15, -0.1) is 0 Å². The summed E-state index contributed by atoms with van der Waals surface area (Å²) in [6, 6.07) is 0.447. The van der Waals surface area contributed by atoms with Gasteiger partial charge in [0.05, 0.1) is 5.69 Å². The van der Waals surface area contributed by atoms with Crippen molar-refractivity contribution >= 4 is 11.7 Å². The summed E-state index contributed by atoms with van der Waals surface area (Å²) in [7, 11) is 0. The van der Waals surface area contributed by atoms with Crippen LogP contribution < -0.4 is 10.2 Å². The van der Waals surface area contributed by atoms with E-state index in [9.17, 15) is 4.79 Å². The molecule has 108 valence electrons. The van der Waals surface area contributed by atoms with Gasteiger partial charge in [-0.3, -0.25) is 9.78 Å². The molecule has 2 fully saturated rings. The maximum Gasteiger partial charge on any atom is 0.223 e. The van der Waals surface area contributed by atoms with E-state index in [-0.39, 0.29) is 11.8 Å². The molecule has 3 rings (SSSR count). The molecule has 2 aliphatic rings. The molecule has 5 nitrogen and oxygen atoms in total. The number of carbonyl (C=O) groups excluding carboxylic acids is 1. The number of nitrogens with zero attached hydrogens (tertiary/aromatic N) is 3. The van der Waals surface area contributed by atoms with Crippen LogP contribution in [0.1, 0.15) is 37.8 Å². The van der Waals surface area contributed by atoms with Crippen molar-refractivity contribution in [3.8, 4) is 0 Å². The number of rotatable bonds is 3. The molecule has 2 heterocycles. The van der Waals surface area contributed by atoms with Gasteiger partial charge >= 0.3 is 0 Å². The number of anilines is 1. The first-order chi connectivity index (χ1) is 9.74. The highest BCUT2D eigenvalue weighted by Crippen LogP contribution is 2.24. The zero-order valence-electron chi connectivity index (χ0n) is 12.0. The van der Waals surface area contributed by atoms with Gasteiger partial charge in [0, 0.05) is 37.4 Å². The Labute approximate surface area is 119 Å². The third kappa shape index (κ3) is 2.76. The van der Waals surface area contributed by atoms with Crippen LogP contribution in [-0.4, -0.2) is 35.0 Å². The number of piperidine rings is 1. The van der Waals surface area contributed by atoms with Crippen LogP contribution in [-0.2, 0) is 4.79 Å². The predicted molar refractivity (Wildman–Crippen MR) is 77.5 cm³/mol. The van der Waals surface area contributed by atoms with E-state index in [0.29, 0.717) is 6.04 Å². The molecule has 20 heavy (non-hydrogen) atoms. The predicted octanol–water partition coefficient (Wildman–Crippen LogP) is 1.67. The standard InChI is InChI=1S/C15H22N4O/c1-11-14(17-8-7-16-11)19-9-5-12(6-10-19)15(20)18-13-3-2-4-13/h7-8,12-13H,2-6,9-10H2,1H3,(H,18,20). The lowest BCUT2D eigenvalue weighted by Crippen LogP contribution is -2.46. The Bertz CT molecular complexity index is 479. The SMILES string of the molecule is Cc1nccnc1N1CCC(C(=O)NC2CCC2)CC1. The summed E-state index contributed by atoms with van der Waals surface area (Å²) in [6.45, 7) is 3.77. The van der Waals surface area contributed by atoms with Crippen molar-refractivity contribution in [1.82, 2.24) is 15.3 Å². The van der Waals surface area contributed by atoms with Gasteiger partial charge in [-0.05, 0) is 39.0 Å². The van der Waals surface area contributed by atoms with Crippen molar-refractivity contribution in [1.29, 1.82) is 0 Å². The summed E-state index contributed by atoms with van der Waals surface area (Å²) >= 11 is 0. The summed E-state index contributed by atoms with van der Waals surface area (Å²) in [5.74, 6) is 1.39. The molecule has 1 saturated carbocycles. The van der Waals surface area contributed by atoms with E-state index in [1.165, 1.54) is 6.42 Å². The fraction of sp³-hybridized carbons (Fsp3) is 0.667. The Morgan fingerprint density at radius 3 is 2.50 bits per heavy atom. The molecule has 0 atom stereocenters. The van der Waals surface area contributed by atoms with Crippen molar-refractivity contribution in [2.24, 2.45) is 5.92 Å². The van der Waals surface area contributed by atoms with E-state index < -0.39 is 0 Å². The molecule has 5 heteroatoms. The van der Waals surface area contributed by atoms with Crippen LogP contribution in [0, 0.1) is 12.8 Å². The van der Waals surface area contributed by atoms with Gasteiger partial charge in [0.15, 0.2) is 0 Å². The smallest absolute Gasteiger partial charge is 0.223 e. The van der Waals surface area contributed by atoms with Gasteiger partial charge in [-0.25, -0.2) is 4.98 Å². The lowest BCUT2D eigenvalue weighted by molar-refractivity contribution is -0.126. The number of aromatic nitrogens is 2. The summed E-state index contributed by atoms with van der Waals surface area (Å²) < 4.78 is 0. The van der Waals surface area contributed by atoms with Crippen LogP contribution in [0.15, 0.2) is 12.4 Å². The van der Waals surface area contributed by atoms with Gasteiger partial charge in [-0.1, -0.05) is 0 Å². The molecule has 1 aliphatic carbocycles. The molecule has 0 radical (unpaired) electrons. The van der Waals surface area contributed by atoms with Crippen LogP contribution in [0.25, 0.3) is 0 Å². The third-order valence-corrected chi connectivity index (χ3v) is 4.47. The van der Waals surface area contributed by atoms with Crippen molar-refractivity contribution in [2.75, 3.05) is 18.0 Å². The number of hydrogen-bond donors (Lipinski definition) is 1. The Kier molecular flexibility index (Phi) is 3.85. The first kappa shape index (κ1) is 13.3. The Balaban J connectivity index is 1.54. The van der Waals surface area contributed by atoms with Gasteiger partial charge in [0.1, 0.15) is 5.82 Å². The minimum Gasteiger partial charge on any atom is -0.355 e. The number of aryl methyl sites for hydroxylation is 1. The van der Waals surface area contributed by atoms with Crippen molar-refractivity contribution < 1.29 is 4.79 Å². The normalized spacial score (nSPS) is 20.6. The quantitative estimate of drug-likeness (QED) is 0.911. The maximum atomic E-state index is 12.2. The average molecular weight is 274 g/mol. The molecule has 0 spiro atoms. The highest BCUT2D eigenvalue weighted by molar-refractivity contribution is 5.79. The molecule has 1 N–H and O–H groups in total. The summed E-state index contributed by atoms with van der Waals surface area (Å²) in [5.41, 5.74) is 0.963. The molecular weight excluding hydrogens is 252 g/mol. The van der Waals surface area contributed by atoms with E-state index in [1.807, 2.05) is 6.92 Å². The second kappa shape index (κ2) is 5.77. The Morgan fingerprint density at radius 1 is 1.20 bits per heavy atom. The molecule has 0 unspecified atom stereocenters. The van der Waals surface area contributed by atoms with Crippen LogP contribution >= 0.6 is 0 Å². The molecule has 0 bridgehead atoms. The van der Waals surface area contributed by atoms with Crippen molar-refractivity contribution in [2.45, 2.75) is 45.1 Å². The number of nitrogens with one attached hydrogen (secondary N) is 1. The van der Waals surface area contributed by atoms with Gasteiger partial charge in [0.2, 0.25) is 5.91 Å². The molecule has 1 saturated heterocycles. The van der Waals surface area contributed by atoms with Crippen LogP contribution in [0.4, 0.5) is 5.82 Å². The Hall–Kier alpha value is -1.65. The van der Waals surface area contributed by atoms with Crippen molar-refractivity contribution in [3.05, 3.63) is 18.1 Å². The minimum atomic E-state index is 0.170. The largest absolute Gasteiger partial charge is 0.355 e. The minimum absolute atomic E-state index is 0.170. The second-order valence-corrected chi connectivity index (χ2v) is 5.86. The molecule has 1 aromatic rings. The number of amides is 1. The van der Waals surface area contributed by atoms with E-state index in [4.69, 9.17) is 0 Å². The van der Waals surface area contributed by atoms with Crippen LogP contribution in [0.5, 0.6) is 0 Å². The van der Waals surface area contributed by atoms with Gasteiger partial charge < -0.3 is 10.2 Å². The fourth-order valence-corrected chi connectivity index (χ4v) is 2.94. The van der Waals surface area contributed by atoms with Crippen LogP contribution in [0.2, 0.25) is 0 Å². The van der Waals surface area contributed by atoms with E-state index in [0.717, 1.165) is 50.3 Å². The van der Waals surface area contributed by atoms with Gasteiger partial charge in [-0.2, -0.15) is 0 Å². The zero-order chi connectivity index (χ0) is 13.9. The first-order valence-corrected chi connectivity index (χ1v) is 7.57. The average Bonchev–Trinajstić information content (AvgIpc) is 2.43. The second-order valence-electron chi connectivity index (χ2n) is 5.86. The zero-order valence-corrected chi connectivity index (χ0v) is 12.0. The highest BCUT2D eigenvalue weighted by Gasteiger charge is 2.28. The Morgan fingerprint density at radius 2 is 1.90 bits per heavy atom. The topological polar surface area (TPSA) is 58.1 Å². The van der Waals surface area contributed by atoms with E-state index in [1.54, 1.807) is 12.4 Å². The maximum absolute atomic E-state index is 12.2. The fourth-order valence-electron chi connectivity index (χ4n) is 2.94. The number of carbonyl (C=O) groups is 1. The van der Waals surface area contributed by atoms with Crippen molar-refractivity contribution in [3.63, 3.8) is 0 Å². The third-order valence-electron chi connectivity index (χ3n) is 4.47. The van der Waals surface area contributed by atoms with E-state index >= 15 is 0 Å². The monoisotopic (exact) mass is 274 g/mol. The summed E-state index contributed by atoms with van der Waals surface area (Å²) in [5, 5.41) is 3.17. The molecule has 1 aromatic heterocycles. The summed E-state index contributed by atoms with van der Waals surface area (Å²) in [4.78, 5) is 23.1. The molecule has 0 aromatic carbocycles. The van der Waals surface area contributed by atoms with Crippen LogP contribution in [0.3, 0.4) is 0 Å². The van der Waals surface area contributed by atoms with Gasteiger partial charge in [0.25, 0.3) is 0 Å². The first-order valence-electron chi connectivity index (χ1n) is 7.57.